The van der Waals surface area contributed by atoms with Gasteiger partial charge in [0.15, 0.2) is 6.10 Å². The van der Waals surface area contributed by atoms with Crippen LogP contribution in [0.25, 0.3) is 6.08 Å². The van der Waals surface area contributed by atoms with Crippen LogP contribution in [0.4, 0.5) is 15.8 Å². The summed E-state index contributed by atoms with van der Waals surface area (Å²) >= 11 is 0. The molecule has 1 heterocycles. The molecule has 0 bridgehead atoms. The molecule has 0 fully saturated rings. The smallest absolute Gasteiger partial charge is 0.338 e. The van der Waals surface area contributed by atoms with Gasteiger partial charge in [-0.3, -0.25) is 14.9 Å². The van der Waals surface area contributed by atoms with Crippen LogP contribution < -0.4 is 10.1 Å². The molecular formula is C19H15FN2O6. The van der Waals surface area contributed by atoms with Crippen molar-refractivity contribution in [2.75, 3.05) is 11.9 Å². The third-order valence-electron chi connectivity index (χ3n) is 3.96. The van der Waals surface area contributed by atoms with Crippen LogP contribution in [-0.2, 0) is 14.3 Å². The van der Waals surface area contributed by atoms with Crippen LogP contribution >= 0.6 is 0 Å². The van der Waals surface area contributed by atoms with Crippen molar-refractivity contribution in [3.63, 3.8) is 0 Å². The van der Waals surface area contributed by atoms with Gasteiger partial charge in [0.2, 0.25) is 5.82 Å². The van der Waals surface area contributed by atoms with E-state index in [9.17, 15) is 24.1 Å². The summed E-state index contributed by atoms with van der Waals surface area (Å²) in [6.07, 6.45) is 0.435. The van der Waals surface area contributed by atoms with Crippen molar-refractivity contribution in [3.8, 4) is 5.75 Å². The number of nitrogens with one attached hydrogen (secondary N) is 1. The molecule has 1 N–H and O–H groups in total. The lowest BCUT2D eigenvalue weighted by molar-refractivity contribution is -0.387. The number of halogens is 1. The van der Waals surface area contributed by atoms with Gasteiger partial charge in [0.1, 0.15) is 12.4 Å². The number of para-hydroxylation sites is 1. The maximum Gasteiger partial charge on any atom is 0.338 e. The summed E-state index contributed by atoms with van der Waals surface area (Å²) in [7, 11) is 0. The number of rotatable bonds is 5. The molecule has 0 radical (unpaired) electrons. The predicted molar refractivity (Wildman–Crippen MR) is 97.2 cm³/mol. The van der Waals surface area contributed by atoms with E-state index in [4.69, 9.17) is 9.47 Å². The van der Waals surface area contributed by atoms with E-state index < -0.39 is 34.4 Å². The lowest BCUT2D eigenvalue weighted by atomic mass is 10.1. The number of amides is 1. The van der Waals surface area contributed by atoms with Crippen LogP contribution in [0.3, 0.4) is 0 Å². The van der Waals surface area contributed by atoms with Crippen molar-refractivity contribution in [3.05, 3.63) is 69.5 Å². The van der Waals surface area contributed by atoms with Crippen molar-refractivity contribution in [1.29, 1.82) is 0 Å². The van der Waals surface area contributed by atoms with E-state index >= 15 is 0 Å². The summed E-state index contributed by atoms with van der Waals surface area (Å²) in [4.78, 5) is 34.3. The summed E-state index contributed by atoms with van der Waals surface area (Å²) in [5, 5.41) is 13.1. The average molecular weight is 386 g/mol. The molecule has 28 heavy (non-hydrogen) atoms. The number of nitro groups is 1. The molecule has 1 amide bonds. The van der Waals surface area contributed by atoms with Crippen LogP contribution in [0, 0.1) is 15.9 Å². The molecule has 1 aliphatic rings. The Labute approximate surface area is 158 Å². The van der Waals surface area contributed by atoms with Gasteiger partial charge in [-0.05, 0) is 31.2 Å². The van der Waals surface area contributed by atoms with Gasteiger partial charge in [-0.25, -0.2) is 4.79 Å². The quantitative estimate of drug-likeness (QED) is 0.481. The molecule has 0 aromatic heterocycles. The fourth-order valence-corrected chi connectivity index (χ4v) is 2.50. The second-order valence-electron chi connectivity index (χ2n) is 5.96. The number of benzene rings is 2. The first-order chi connectivity index (χ1) is 13.3. The summed E-state index contributed by atoms with van der Waals surface area (Å²) in [5.41, 5.74) is 0.202. The molecule has 0 aliphatic carbocycles. The molecule has 0 saturated carbocycles. The lowest BCUT2D eigenvalue weighted by Gasteiger charge is -2.19. The number of carbonyl (C=O) groups is 2. The van der Waals surface area contributed by atoms with Gasteiger partial charge in [0.25, 0.3) is 5.91 Å². The predicted octanol–water partition coefficient (Wildman–Crippen LogP) is 3.08. The third kappa shape index (κ3) is 4.14. The minimum absolute atomic E-state index is 0.00828. The highest BCUT2D eigenvalue weighted by Gasteiger charge is 2.24. The van der Waals surface area contributed by atoms with E-state index in [2.05, 4.69) is 5.32 Å². The summed E-state index contributed by atoms with van der Waals surface area (Å²) in [5.74, 6) is -1.82. The molecule has 1 atom stereocenters. The zero-order valence-corrected chi connectivity index (χ0v) is 14.7. The topological polar surface area (TPSA) is 108 Å². The Morgan fingerprint density at radius 2 is 2.04 bits per heavy atom. The molecule has 0 saturated heterocycles. The Bertz CT molecular complexity index is 988. The van der Waals surface area contributed by atoms with E-state index in [1.165, 1.54) is 13.0 Å². The van der Waals surface area contributed by atoms with Crippen LogP contribution in [0.15, 0.2) is 48.0 Å². The van der Waals surface area contributed by atoms with E-state index in [0.717, 1.165) is 17.7 Å². The molecule has 144 valence electrons. The number of nitrogens with zero attached hydrogens (tertiary/aromatic N) is 1. The van der Waals surface area contributed by atoms with Crippen molar-refractivity contribution < 1.29 is 28.4 Å². The van der Waals surface area contributed by atoms with Crippen molar-refractivity contribution in [2.45, 2.75) is 13.0 Å². The van der Waals surface area contributed by atoms with Crippen LogP contribution in [0.2, 0.25) is 0 Å². The zero-order valence-electron chi connectivity index (χ0n) is 14.7. The summed E-state index contributed by atoms with van der Waals surface area (Å²) < 4.78 is 24.0. The van der Waals surface area contributed by atoms with E-state index in [-0.39, 0.29) is 17.9 Å². The molecule has 2 aromatic rings. The van der Waals surface area contributed by atoms with Crippen molar-refractivity contribution >= 4 is 29.3 Å². The maximum atomic E-state index is 13.4. The number of hydrogen-bond donors (Lipinski definition) is 1. The molecule has 1 aliphatic heterocycles. The number of fused-ring (bicyclic) bond motifs is 1. The summed E-state index contributed by atoms with van der Waals surface area (Å²) in [6, 6.07) is 10.1. The van der Waals surface area contributed by atoms with Gasteiger partial charge in [0.05, 0.1) is 10.5 Å². The number of hydrogen-bond acceptors (Lipinski definition) is 6. The molecular weight excluding hydrogens is 371 g/mol. The first kappa shape index (κ1) is 19.0. The maximum absolute atomic E-state index is 13.4. The lowest BCUT2D eigenvalue weighted by Crippen LogP contribution is -2.31. The number of esters is 1. The molecule has 9 heteroatoms. The van der Waals surface area contributed by atoms with Crippen LogP contribution in [-0.4, -0.2) is 29.5 Å². The fraction of sp³-hybridized carbons (Fsp3) is 0.158. The second-order valence-corrected chi connectivity index (χ2v) is 5.96. The first-order valence-electron chi connectivity index (χ1n) is 8.23. The minimum atomic E-state index is -1.19. The van der Waals surface area contributed by atoms with Gasteiger partial charge < -0.3 is 14.8 Å². The van der Waals surface area contributed by atoms with Gasteiger partial charge in [-0.1, -0.05) is 18.2 Å². The Balaban J connectivity index is 1.65. The molecule has 1 unspecified atom stereocenters. The average Bonchev–Trinajstić information content (AvgIpc) is 2.68. The third-order valence-corrected chi connectivity index (χ3v) is 3.96. The molecule has 8 nitrogen and oxygen atoms in total. The number of carbonyl (C=O) groups excluding carboxylic acids is 2. The fourth-order valence-electron chi connectivity index (χ4n) is 2.50. The largest absolute Gasteiger partial charge is 0.488 e. The zero-order chi connectivity index (χ0) is 20.3. The van der Waals surface area contributed by atoms with Crippen molar-refractivity contribution in [1.82, 2.24) is 0 Å². The Kier molecular flexibility index (Phi) is 5.35. The normalized spacial score (nSPS) is 13.4. The number of nitro benzene ring substituents is 1. The highest BCUT2D eigenvalue weighted by atomic mass is 19.1. The second kappa shape index (κ2) is 7.87. The standard InChI is InChI=1S/C19H15FN2O6/c1-11(18(23)21-14-6-7-15(20)16(9-14)22(25)26)28-19(24)13-8-12-4-2-3-5-17(12)27-10-13/h2-9,11H,10H2,1H3,(H,21,23). The highest BCUT2D eigenvalue weighted by Crippen LogP contribution is 2.26. The number of ether oxygens (including phenoxy) is 2. The Morgan fingerprint density at radius 1 is 1.29 bits per heavy atom. The number of anilines is 1. The van der Waals surface area contributed by atoms with Gasteiger partial charge in [-0.15, -0.1) is 0 Å². The Morgan fingerprint density at radius 3 is 2.79 bits per heavy atom. The van der Waals surface area contributed by atoms with E-state index in [1.54, 1.807) is 24.3 Å². The van der Waals surface area contributed by atoms with E-state index in [1.807, 2.05) is 6.07 Å². The van der Waals surface area contributed by atoms with Gasteiger partial charge in [-0.2, -0.15) is 4.39 Å². The molecule has 3 rings (SSSR count). The van der Waals surface area contributed by atoms with Crippen molar-refractivity contribution in [2.24, 2.45) is 0 Å². The van der Waals surface area contributed by atoms with Gasteiger partial charge in [0, 0.05) is 17.3 Å². The van der Waals surface area contributed by atoms with Crippen LogP contribution in [0.5, 0.6) is 5.75 Å². The minimum Gasteiger partial charge on any atom is -0.488 e. The first-order valence-corrected chi connectivity index (χ1v) is 8.23. The molecule has 0 spiro atoms. The SMILES string of the molecule is CC(OC(=O)C1=Cc2ccccc2OC1)C(=O)Nc1ccc(F)c([N+](=O)[O-])c1. The Hall–Kier alpha value is -3.75. The van der Waals surface area contributed by atoms with E-state index in [0.29, 0.717) is 5.75 Å². The molecule has 2 aromatic carbocycles. The summed E-state index contributed by atoms with van der Waals surface area (Å²) in [6.45, 7) is 1.36. The van der Waals surface area contributed by atoms with Gasteiger partial charge >= 0.3 is 11.7 Å². The van der Waals surface area contributed by atoms with Crippen LogP contribution in [0.1, 0.15) is 12.5 Å². The monoisotopic (exact) mass is 386 g/mol. The highest BCUT2D eigenvalue weighted by molar-refractivity contribution is 5.99.